The molecule has 2 atom stereocenters. The van der Waals surface area contributed by atoms with Crippen molar-refractivity contribution < 1.29 is 15.0 Å². The number of carbonyl (C=O) groups is 1. The van der Waals surface area contributed by atoms with Gasteiger partial charge in [-0.15, -0.1) is 0 Å². The molecule has 0 bridgehead atoms. The van der Waals surface area contributed by atoms with Crippen LogP contribution in [0.15, 0.2) is 23.1 Å². The highest BCUT2D eigenvalue weighted by Crippen LogP contribution is 2.34. The lowest BCUT2D eigenvalue weighted by Gasteiger charge is -2.18. The predicted octanol–water partition coefficient (Wildman–Crippen LogP) is 1.48. The number of carbonyl (C=O) groups excluding carboxylic acids is 1. The van der Waals surface area contributed by atoms with E-state index in [0.29, 0.717) is 16.5 Å². The van der Waals surface area contributed by atoms with Crippen LogP contribution in [0.25, 0.3) is 21.8 Å². The second-order valence-corrected chi connectivity index (χ2v) is 8.30. The largest absolute Gasteiger partial charge is 0.388 e. The maximum atomic E-state index is 13.1. The summed E-state index contributed by atoms with van der Waals surface area (Å²) < 4.78 is 1.95. The third kappa shape index (κ3) is 2.86. The summed E-state index contributed by atoms with van der Waals surface area (Å²) >= 11 is 0. The molecule has 8 heteroatoms. The molecule has 0 unspecified atom stereocenters. The molecule has 2 aliphatic rings. The van der Waals surface area contributed by atoms with Crippen LogP contribution < -0.4 is 5.56 Å². The quantitative estimate of drug-likeness (QED) is 0.608. The molecule has 2 fully saturated rings. The summed E-state index contributed by atoms with van der Waals surface area (Å²) in [5.74, 6) is -0.230. The number of benzene rings is 1. The number of nitrogens with one attached hydrogen (secondary N) is 1. The van der Waals surface area contributed by atoms with Crippen molar-refractivity contribution in [3.05, 3.63) is 39.8 Å². The summed E-state index contributed by atoms with van der Waals surface area (Å²) in [7, 11) is 0. The van der Waals surface area contributed by atoms with Gasteiger partial charge in [-0.25, -0.2) is 0 Å². The van der Waals surface area contributed by atoms with Crippen molar-refractivity contribution in [2.45, 2.75) is 50.9 Å². The first-order valence-electron chi connectivity index (χ1n) is 10.1. The topological polar surface area (TPSA) is 111 Å². The van der Waals surface area contributed by atoms with Crippen LogP contribution in [-0.2, 0) is 0 Å². The Balaban J connectivity index is 1.69. The van der Waals surface area contributed by atoms with Crippen molar-refractivity contribution in [2.75, 3.05) is 13.1 Å². The lowest BCUT2D eigenvalue weighted by atomic mass is 10.0. The molecule has 29 heavy (non-hydrogen) atoms. The minimum atomic E-state index is -0.924. The molecular weight excluding hydrogens is 372 g/mol. The zero-order valence-electron chi connectivity index (χ0n) is 16.3. The number of hydrogen-bond donors (Lipinski definition) is 3. The Bertz CT molecular complexity index is 1160. The first-order chi connectivity index (χ1) is 13.9. The van der Waals surface area contributed by atoms with E-state index in [2.05, 4.69) is 10.1 Å². The van der Waals surface area contributed by atoms with Gasteiger partial charge in [-0.3, -0.25) is 14.3 Å². The monoisotopic (exact) mass is 396 g/mol. The first-order valence-corrected chi connectivity index (χ1v) is 10.1. The smallest absolute Gasteiger partial charge is 0.259 e. The van der Waals surface area contributed by atoms with Crippen LogP contribution in [-0.4, -0.2) is 61.1 Å². The van der Waals surface area contributed by atoms with Crippen LogP contribution in [0, 0.1) is 6.92 Å². The Hall–Kier alpha value is -2.71. The second kappa shape index (κ2) is 6.67. The van der Waals surface area contributed by atoms with Gasteiger partial charge in [0.15, 0.2) is 0 Å². The molecule has 3 aromatic rings. The van der Waals surface area contributed by atoms with Crippen LogP contribution in [0.2, 0.25) is 0 Å². The predicted molar refractivity (Wildman–Crippen MR) is 108 cm³/mol. The van der Waals surface area contributed by atoms with Gasteiger partial charge < -0.3 is 20.1 Å². The number of pyridine rings is 1. The molecule has 1 aliphatic heterocycles. The molecule has 2 aromatic heterocycles. The summed E-state index contributed by atoms with van der Waals surface area (Å²) in [6, 6.07) is 3.90. The van der Waals surface area contributed by atoms with E-state index >= 15 is 0 Å². The van der Waals surface area contributed by atoms with Gasteiger partial charge in [0, 0.05) is 24.0 Å². The Kier molecular flexibility index (Phi) is 4.22. The number of amides is 1. The van der Waals surface area contributed by atoms with E-state index in [0.717, 1.165) is 42.1 Å². The third-order valence-electron chi connectivity index (χ3n) is 6.36. The molecule has 1 amide bonds. The van der Waals surface area contributed by atoms with Gasteiger partial charge in [-0.1, -0.05) is 12.8 Å². The van der Waals surface area contributed by atoms with E-state index in [4.69, 9.17) is 0 Å². The number of rotatable bonds is 2. The van der Waals surface area contributed by atoms with Crippen LogP contribution >= 0.6 is 0 Å². The van der Waals surface area contributed by atoms with Crippen LogP contribution in [0.4, 0.5) is 0 Å². The molecule has 3 N–H and O–H groups in total. The van der Waals surface area contributed by atoms with Crippen LogP contribution in [0.1, 0.15) is 47.6 Å². The van der Waals surface area contributed by atoms with Crippen molar-refractivity contribution in [3.8, 4) is 0 Å². The summed E-state index contributed by atoms with van der Waals surface area (Å²) in [5, 5.41) is 25.5. The maximum absolute atomic E-state index is 13.1. The van der Waals surface area contributed by atoms with Gasteiger partial charge in [-0.05, 0) is 37.5 Å². The highest BCUT2D eigenvalue weighted by atomic mass is 16.3. The van der Waals surface area contributed by atoms with Gasteiger partial charge in [0.05, 0.1) is 40.9 Å². The Labute approximate surface area is 166 Å². The van der Waals surface area contributed by atoms with Gasteiger partial charge in [0.2, 0.25) is 0 Å². The number of aliphatic hydroxyl groups is 2. The number of aryl methyl sites for hydroxylation is 1. The maximum Gasteiger partial charge on any atom is 0.259 e. The highest BCUT2D eigenvalue weighted by Gasteiger charge is 2.33. The van der Waals surface area contributed by atoms with E-state index in [1.165, 1.54) is 4.90 Å². The fourth-order valence-corrected chi connectivity index (χ4v) is 4.76. The van der Waals surface area contributed by atoms with Crippen molar-refractivity contribution in [1.29, 1.82) is 0 Å². The van der Waals surface area contributed by atoms with Crippen molar-refractivity contribution in [2.24, 2.45) is 0 Å². The fourth-order valence-electron chi connectivity index (χ4n) is 4.76. The van der Waals surface area contributed by atoms with Gasteiger partial charge >= 0.3 is 0 Å². The number of aliphatic hydroxyl groups excluding tert-OH is 2. The molecular formula is C21H24N4O4. The number of hydrogen-bond acceptors (Lipinski definition) is 5. The van der Waals surface area contributed by atoms with Crippen LogP contribution in [0.3, 0.4) is 0 Å². The van der Waals surface area contributed by atoms with Crippen molar-refractivity contribution in [3.63, 3.8) is 0 Å². The SMILES string of the molecule is Cc1cc2[nH]c(=O)c3cnn(C4CCCC4)c3c2cc1C(=O)N1C[C@@H](O)[C@H](O)C1. The van der Waals surface area contributed by atoms with Gasteiger partial charge in [-0.2, -0.15) is 5.10 Å². The molecule has 1 aromatic carbocycles. The number of aromatic amines is 1. The van der Waals surface area contributed by atoms with Crippen molar-refractivity contribution >= 4 is 27.7 Å². The average molecular weight is 396 g/mol. The summed E-state index contributed by atoms with van der Waals surface area (Å²) in [5.41, 5.74) is 2.51. The molecule has 5 rings (SSSR count). The van der Waals surface area contributed by atoms with Crippen LogP contribution in [0.5, 0.6) is 0 Å². The lowest BCUT2D eigenvalue weighted by Crippen LogP contribution is -2.30. The molecule has 1 saturated heterocycles. The number of β-amino-alcohol motifs (C(OH)–C–C–N with tert-alkyl or cyclic N) is 2. The Morgan fingerprint density at radius 2 is 1.83 bits per heavy atom. The first kappa shape index (κ1) is 18.3. The van der Waals surface area contributed by atoms with E-state index in [-0.39, 0.29) is 30.6 Å². The number of likely N-dealkylation sites (tertiary alicyclic amines) is 1. The van der Waals surface area contributed by atoms with E-state index in [1.54, 1.807) is 6.20 Å². The fraction of sp³-hybridized carbons (Fsp3) is 0.476. The number of H-pyrrole nitrogens is 1. The number of aromatic nitrogens is 3. The summed E-state index contributed by atoms with van der Waals surface area (Å²) in [4.78, 5) is 30.1. The molecule has 1 aliphatic carbocycles. The molecule has 3 heterocycles. The number of nitrogens with zero attached hydrogens (tertiary/aromatic N) is 3. The Morgan fingerprint density at radius 1 is 1.14 bits per heavy atom. The zero-order chi connectivity index (χ0) is 20.3. The summed E-state index contributed by atoms with van der Waals surface area (Å²) in [6.07, 6.45) is 4.13. The van der Waals surface area contributed by atoms with E-state index in [1.807, 2.05) is 23.7 Å². The van der Waals surface area contributed by atoms with Gasteiger partial charge in [0.1, 0.15) is 0 Å². The molecule has 152 valence electrons. The third-order valence-corrected chi connectivity index (χ3v) is 6.36. The minimum absolute atomic E-state index is 0.110. The molecule has 0 spiro atoms. The van der Waals surface area contributed by atoms with E-state index in [9.17, 15) is 19.8 Å². The van der Waals surface area contributed by atoms with Crippen molar-refractivity contribution in [1.82, 2.24) is 19.7 Å². The molecule has 8 nitrogen and oxygen atoms in total. The highest BCUT2D eigenvalue weighted by molar-refractivity contribution is 6.07. The molecule has 1 saturated carbocycles. The second-order valence-electron chi connectivity index (χ2n) is 8.30. The Morgan fingerprint density at radius 3 is 2.52 bits per heavy atom. The summed E-state index contributed by atoms with van der Waals surface area (Å²) in [6.45, 7) is 2.05. The average Bonchev–Trinajstić information content (AvgIpc) is 3.41. The molecule has 0 radical (unpaired) electrons. The van der Waals surface area contributed by atoms with E-state index < -0.39 is 12.2 Å². The minimum Gasteiger partial charge on any atom is -0.388 e. The zero-order valence-corrected chi connectivity index (χ0v) is 16.3. The lowest BCUT2D eigenvalue weighted by molar-refractivity contribution is 0.0572. The number of fused-ring (bicyclic) bond motifs is 3. The standard InChI is InChI=1S/C21H24N4O4/c1-11-6-16-14(7-13(11)21(29)24-9-17(26)18(27)10-24)19-15(20(28)23-16)8-22-25(19)12-4-2-3-5-12/h6-8,12,17-18,26-27H,2-5,9-10H2,1H3,(H,23,28)/t17-,18-/m1/s1. The van der Waals surface area contributed by atoms with Gasteiger partial charge in [0.25, 0.3) is 11.5 Å². The normalized spacial score (nSPS) is 22.9.